The van der Waals surface area contributed by atoms with Crippen LogP contribution in [-0.2, 0) is 4.79 Å². The third-order valence-electron chi connectivity index (χ3n) is 3.84. The molecule has 126 valence electrons. The molecule has 0 aliphatic carbocycles. The van der Waals surface area contributed by atoms with E-state index >= 15 is 0 Å². The molecule has 23 heavy (non-hydrogen) atoms. The van der Waals surface area contributed by atoms with Crippen LogP contribution in [0.5, 0.6) is 5.75 Å². The van der Waals surface area contributed by atoms with Crippen molar-refractivity contribution in [2.24, 2.45) is 0 Å². The maximum Gasteiger partial charge on any atom is 0.317 e. The number of carboxylic acids is 1. The van der Waals surface area contributed by atoms with Crippen LogP contribution in [0.15, 0.2) is 24.3 Å². The van der Waals surface area contributed by atoms with Crippen LogP contribution < -0.4 is 15.0 Å². The molecule has 1 saturated heterocycles. The van der Waals surface area contributed by atoms with E-state index in [-0.39, 0.29) is 12.5 Å². The Labute approximate surface area is 135 Å². The second kappa shape index (κ2) is 8.26. The molecule has 0 radical (unpaired) electrons. The first-order valence-corrected chi connectivity index (χ1v) is 7.74. The van der Waals surface area contributed by atoms with Crippen LogP contribution in [0.25, 0.3) is 0 Å². The van der Waals surface area contributed by atoms with Gasteiger partial charge in [-0.25, -0.2) is 4.79 Å². The van der Waals surface area contributed by atoms with Crippen molar-refractivity contribution < 1.29 is 19.4 Å². The first-order valence-electron chi connectivity index (χ1n) is 7.74. The summed E-state index contributed by atoms with van der Waals surface area (Å²) in [5.41, 5.74) is 1.04. The van der Waals surface area contributed by atoms with Gasteiger partial charge in [0.15, 0.2) is 0 Å². The molecule has 1 heterocycles. The Morgan fingerprint density at radius 1 is 1.22 bits per heavy atom. The number of carboxylic acid groups (broad SMARTS) is 1. The molecule has 0 atom stereocenters. The lowest BCUT2D eigenvalue weighted by atomic mass is 10.2. The summed E-state index contributed by atoms with van der Waals surface area (Å²) in [7, 11) is 1.65. The van der Waals surface area contributed by atoms with E-state index in [1.165, 1.54) is 0 Å². The molecule has 2 rings (SSSR count). The number of para-hydroxylation sites is 2. The van der Waals surface area contributed by atoms with Crippen molar-refractivity contribution in [1.29, 1.82) is 0 Å². The Hall–Kier alpha value is -2.44. The summed E-state index contributed by atoms with van der Waals surface area (Å²) in [5.74, 6) is -0.0104. The first-order chi connectivity index (χ1) is 11.1. The number of nitrogens with zero attached hydrogens (tertiary/aromatic N) is 2. The van der Waals surface area contributed by atoms with Gasteiger partial charge in [-0.3, -0.25) is 4.79 Å². The zero-order valence-corrected chi connectivity index (χ0v) is 13.3. The largest absolute Gasteiger partial charge is 0.495 e. The standard InChI is InChI=1S/C16H23N3O4/c1-23-14-6-3-2-5-13(14)18-9-11-19(12-10-18)16(22)17-8-4-7-15(20)21/h2-3,5-6H,4,7-12H2,1H3,(H,17,22)(H,20,21). The van der Waals surface area contributed by atoms with E-state index in [1.807, 2.05) is 24.3 Å². The third-order valence-corrected chi connectivity index (χ3v) is 3.84. The van der Waals surface area contributed by atoms with Gasteiger partial charge in [-0.15, -0.1) is 0 Å². The molecule has 1 aliphatic rings. The van der Waals surface area contributed by atoms with Gasteiger partial charge in [0, 0.05) is 39.1 Å². The van der Waals surface area contributed by atoms with Crippen LogP contribution >= 0.6 is 0 Å². The van der Waals surface area contributed by atoms with Crippen molar-refractivity contribution in [3.8, 4) is 5.75 Å². The predicted octanol–water partition coefficient (Wildman–Crippen LogP) is 1.39. The van der Waals surface area contributed by atoms with Gasteiger partial charge >= 0.3 is 12.0 Å². The van der Waals surface area contributed by atoms with Crippen LogP contribution in [0.1, 0.15) is 12.8 Å². The second-order valence-electron chi connectivity index (χ2n) is 5.38. The molecule has 1 aromatic carbocycles. The van der Waals surface area contributed by atoms with Gasteiger partial charge in [0.1, 0.15) is 5.75 Å². The number of amides is 2. The summed E-state index contributed by atoms with van der Waals surface area (Å²) >= 11 is 0. The van der Waals surface area contributed by atoms with Crippen LogP contribution in [0.4, 0.5) is 10.5 Å². The van der Waals surface area contributed by atoms with Gasteiger partial charge < -0.3 is 25.0 Å². The SMILES string of the molecule is COc1ccccc1N1CCN(C(=O)NCCCC(=O)O)CC1. The summed E-state index contributed by atoms with van der Waals surface area (Å²) in [6.45, 7) is 3.12. The number of carbonyl (C=O) groups excluding carboxylic acids is 1. The highest BCUT2D eigenvalue weighted by Gasteiger charge is 2.22. The van der Waals surface area contributed by atoms with Gasteiger partial charge in [-0.2, -0.15) is 0 Å². The van der Waals surface area contributed by atoms with Crippen molar-refractivity contribution in [3.63, 3.8) is 0 Å². The molecule has 2 amide bonds. The fourth-order valence-electron chi connectivity index (χ4n) is 2.59. The summed E-state index contributed by atoms with van der Waals surface area (Å²) in [5, 5.41) is 11.3. The number of aliphatic carboxylic acids is 1. The number of urea groups is 1. The predicted molar refractivity (Wildman–Crippen MR) is 87.0 cm³/mol. The van der Waals surface area contributed by atoms with Crippen molar-refractivity contribution in [2.75, 3.05) is 44.7 Å². The van der Waals surface area contributed by atoms with Crippen molar-refractivity contribution in [3.05, 3.63) is 24.3 Å². The van der Waals surface area contributed by atoms with Gasteiger partial charge in [0.2, 0.25) is 0 Å². The number of piperazine rings is 1. The normalized spacial score (nSPS) is 14.5. The summed E-state index contributed by atoms with van der Waals surface area (Å²) in [6, 6.07) is 7.72. The quantitative estimate of drug-likeness (QED) is 0.774. The molecule has 1 fully saturated rings. The molecule has 0 saturated carbocycles. The minimum atomic E-state index is -0.843. The molecule has 0 spiro atoms. The van der Waals surface area contributed by atoms with Crippen molar-refractivity contribution >= 4 is 17.7 Å². The fraction of sp³-hybridized carbons (Fsp3) is 0.500. The Bertz CT molecular complexity index is 542. The minimum Gasteiger partial charge on any atom is -0.495 e. The molecule has 2 N–H and O–H groups in total. The van der Waals surface area contributed by atoms with E-state index in [4.69, 9.17) is 9.84 Å². The molecule has 0 unspecified atom stereocenters. The van der Waals surface area contributed by atoms with Gasteiger partial charge in [-0.05, 0) is 18.6 Å². The van der Waals surface area contributed by atoms with Crippen molar-refractivity contribution in [2.45, 2.75) is 12.8 Å². The smallest absolute Gasteiger partial charge is 0.317 e. The molecule has 7 heteroatoms. The van der Waals surface area contributed by atoms with Gasteiger partial charge in [0.05, 0.1) is 12.8 Å². The highest BCUT2D eigenvalue weighted by molar-refractivity contribution is 5.74. The van der Waals surface area contributed by atoms with Crippen molar-refractivity contribution in [1.82, 2.24) is 10.2 Å². The zero-order chi connectivity index (χ0) is 16.7. The highest BCUT2D eigenvalue weighted by atomic mass is 16.5. The van der Waals surface area contributed by atoms with Crippen LogP contribution in [0, 0.1) is 0 Å². The van der Waals surface area contributed by atoms with E-state index in [0.29, 0.717) is 26.1 Å². The highest BCUT2D eigenvalue weighted by Crippen LogP contribution is 2.28. The number of hydrogen-bond acceptors (Lipinski definition) is 4. The second-order valence-corrected chi connectivity index (χ2v) is 5.38. The number of benzene rings is 1. The molecular formula is C16H23N3O4. The Balaban J connectivity index is 1.79. The lowest BCUT2D eigenvalue weighted by molar-refractivity contribution is -0.137. The van der Waals surface area contributed by atoms with Gasteiger partial charge in [0.25, 0.3) is 0 Å². The van der Waals surface area contributed by atoms with E-state index in [1.54, 1.807) is 12.0 Å². The Morgan fingerprint density at radius 3 is 2.57 bits per heavy atom. The molecule has 1 aliphatic heterocycles. The lowest BCUT2D eigenvalue weighted by Gasteiger charge is -2.36. The maximum atomic E-state index is 12.0. The van der Waals surface area contributed by atoms with E-state index < -0.39 is 5.97 Å². The van der Waals surface area contributed by atoms with E-state index in [9.17, 15) is 9.59 Å². The van der Waals surface area contributed by atoms with E-state index in [2.05, 4.69) is 10.2 Å². The van der Waals surface area contributed by atoms with Crippen LogP contribution in [0.3, 0.4) is 0 Å². The number of anilines is 1. The summed E-state index contributed by atoms with van der Waals surface area (Å²) in [4.78, 5) is 26.4. The average molecular weight is 321 g/mol. The topological polar surface area (TPSA) is 82.1 Å². The molecular weight excluding hydrogens is 298 g/mol. The fourth-order valence-corrected chi connectivity index (χ4v) is 2.59. The summed E-state index contributed by atoms with van der Waals surface area (Å²) < 4.78 is 5.38. The minimum absolute atomic E-state index is 0.0713. The Morgan fingerprint density at radius 2 is 1.91 bits per heavy atom. The van der Waals surface area contributed by atoms with Crippen LogP contribution in [0.2, 0.25) is 0 Å². The average Bonchev–Trinajstić information content (AvgIpc) is 2.58. The number of carbonyl (C=O) groups is 2. The third kappa shape index (κ3) is 4.77. The molecule has 0 aromatic heterocycles. The Kier molecular flexibility index (Phi) is 6.08. The van der Waals surface area contributed by atoms with Gasteiger partial charge in [-0.1, -0.05) is 12.1 Å². The molecule has 1 aromatic rings. The molecule has 7 nitrogen and oxygen atoms in total. The zero-order valence-electron chi connectivity index (χ0n) is 13.3. The number of nitrogens with one attached hydrogen (secondary N) is 1. The summed E-state index contributed by atoms with van der Waals surface area (Å²) in [6.07, 6.45) is 0.518. The lowest BCUT2D eigenvalue weighted by Crippen LogP contribution is -2.52. The number of rotatable bonds is 6. The maximum absolute atomic E-state index is 12.0. The monoisotopic (exact) mass is 321 g/mol. The first kappa shape index (κ1) is 16.9. The number of hydrogen-bond donors (Lipinski definition) is 2. The molecule has 0 bridgehead atoms. The van der Waals surface area contributed by atoms with E-state index in [0.717, 1.165) is 24.5 Å². The number of ether oxygens (including phenoxy) is 1. The van der Waals surface area contributed by atoms with Crippen LogP contribution in [-0.4, -0.2) is 61.8 Å². The number of methoxy groups -OCH3 is 1.